The first kappa shape index (κ1) is 21.8. The Bertz CT molecular complexity index is 824. The van der Waals surface area contributed by atoms with E-state index in [9.17, 15) is 4.79 Å². The number of halogens is 1. The number of guanidine groups is 1. The summed E-state index contributed by atoms with van der Waals surface area (Å²) in [4.78, 5) is 16.8. The number of amides is 1. The molecule has 0 aliphatic rings. The third-order valence-electron chi connectivity index (χ3n) is 4.05. The normalized spacial score (nSPS) is 11.1. The van der Waals surface area contributed by atoms with Crippen molar-refractivity contribution < 1.29 is 9.53 Å². The van der Waals surface area contributed by atoms with Crippen molar-refractivity contribution in [1.82, 2.24) is 10.6 Å². The number of rotatable bonds is 8. The molecule has 0 fully saturated rings. The number of carbonyl (C=O) groups is 1. The number of nitrogens with one attached hydrogen (secondary N) is 3. The standard InChI is InChI=1S/C21H27BrN4O2/c1-4-23-21(25-14-16-7-5-6-8-19(16)28-3)24-12-11-20(27)26-18-10-9-17(22)13-15(18)2/h5-10,13H,4,11-12,14H2,1-3H3,(H,26,27)(H2,23,24,25). The Morgan fingerprint density at radius 3 is 2.68 bits per heavy atom. The number of benzene rings is 2. The third kappa shape index (κ3) is 6.88. The average molecular weight is 447 g/mol. The molecule has 6 nitrogen and oxygen atoms in total. The first-order chi connectivity index (χ1) is 13.5. The molecule has 2 aromatic carbocycles. The fourth-order valence-electron chi connectivity index (χ4n) is 2.61. The molecule has 0 unspecified atom stereocenters. The van der Waals surface area contributed by atoms with E-state index < -0.39 is 0 Å². The number of hydrogen-bond acceptors (Lipinski definition) is 3. The highest BCUT2D eigenvalue weighted by atomic mass is 79.9. The summed E-state index contributed by atoms with van der Waals surface area (Å²) >= 11 is 3.42. The van der Waals surface area contributed by atoms with Crippen molar-refractivity contribution in [2.75, 3.05) is 25.5 Å². The van der Waals surface area contributed by atoms with Gasteiger partial charge in [-0.2, -0.15) is 0 Å². The molecule has 0 radical (unpaired) electrons. The van der Waals surface area contributed by atoms with E-state index in [2.05, 4.69) is 36.9 Å². The highest BCUT2D eigenvalue weighted by Crippen LogP contribution is 2.20. The molecule has 0 saturated carbocycles. The number of nitrogens with zero attached hydrogens (tertiary/aromatic N) is 1. The Labute approximate surface area is 174 Å². The quantitative estimate of drug-likeness (QED) is 0.425. The molecule has 150 valence electrons. The van der Waals surface area contributed by atoms with Gasteiger partial charge < -0.3 is 20.7 Å². The van der Waals surface area contributed by atoms with Crippen molar-refractivity contribution in [2.45, 2.75) is 26.8 Å². The fraction of sp³-hybridized carbons (Fsp3) is 0.333. The number of anilines is 1. The van der Waals surface area contributed by atoms with Crippen molar-refractivity contribution in [3.8, 4) is 5.75 Å². The molecule has 2 aromatic rings. The Hall–Kier alpha value is -2.54. The van der Waals surface area contributed by atoms with Crippen LogP contribution < -0.4 is 20.7 Å². The summed E-state index contributed by atoms with van der Waals surface area (Å²) in [7, 11) is 1.65. The maximum absolute atomic E-state index is 12.2. The van der Waals surface area contributed by atoms with Gasteiger partial charge in [0, 0.05) is 35.2 Å². The molecule has 7 heteroatoms. The number of ether oxygens (including phenoxy) is 1. The van der Waals surface area contributed by atoms with Crippen molar-refractivity contribution in [3.05, 3.63) is 58.1 Å². The molecule has 0 spiro atoms. The van der Waals surface area contributed by atoms with E-state index in [0.29, 0.717) is 25.5 Å². The van der Waals surface area contributed by atoms with Crippen LogP contribution in [0.5, 0.6) is 5.75 Å². The molecular formula is C21H27BrN4O2. The predicted molar refractivity (Wildman–Crippen MR) is 118 cm³/mol. The van der Waals surface area contributed by atoms with E-state index in [4.69, 9.17) is 4.74 Å². The molecule has 0 aliphatic heterocycles. The second-order valence-electron chi connectivity index (χ2n) is 6.19. The molecule has 0 aromatic heterocycles. The molecule has 1 amide bonds. The Kier molecular flexibility index (Phi) is 8.81. The van der Waals surface area contributed by atoms with Crippen LogP contribution >= 0.6 is 15.9 Å². The fourth-order valence-corrected chi connectivity index (χ4v) is 3.09. The maximum atomic E-state index is 12.2. The number of methoxy groups -OCH3 is 1. The molecule has 0 saturated heterocycles. The second-order valence-corrected chi connectivity index (χ2v) is 7.11. The molecule has 0 heterocycles. The zero-order valence-electron chi connectivity index (χ0n) is 16.5. The van der Waals surface area contributed by atoms with Crippen molar-refractivity contribution in [3.63, 3.8) is 0 Å². The van der Waals surface area contributed by atoms with E-state index in [1.807, 2.05) is 56.3 Å². The minimum absolute atomic E-state index is 0.0431. The van der Waals surface area contributed by atoms with Crippen LogP contribution in [-0.2, 0) is 11.3 Å². The van der Waals surface area contributed by atoms with Gasteiger partial charge in [-0.25, -0.2) is 4.99 Å². The summed E-state index contributed by atoms with van der Waals surface area (Å²) in [6.45, 7) is 5.68. The number of aryl methyl sites for hydroxylation is 1. The first-order valence-corrected chi connectivity index (χ1v) is 10.0. The van der Waals surface area contributed by atoms with Crippen LogP contribution in [0.4, 0.5) is 5.69 Å². The summed E-state index contributed by atoms with van der Waals surface area (Å²) in [5.74, 6) is 1.44. The van der Waals surface area contributed by atoms with Gasteiger partial charge in [0.1, 0.15) is 5.75 Å². The van der Waals surface area contributed by atoms with Crippen molar-refractivity contribution >= 4 is 33.5 Å². The lowest BCUT2D eigenvalue weighted by molar-refractivity contribution is -0.116. The van der Waals surface area contributed by atoms with Gasteiger partial charge in [-0.3, -0.25) is 4.79 Å². The van der Waals surface area contributed by atoms with Crippen molar-refractivity contribution in [2.24, 2.45) is 4.99 Å². The molecule has 28 heavy (non-hydrogen) atoms. The van der Waals surface area contributed by atoms with Crippen LogP contribution in [0.3, 0.4) is 0 Å². The molecule has 0 bridgehead atoms. The van der Waals surface area contributed by atoms with Crippen molar-refractivity contribution in [1.29, 1.82) is 0 Å². The highest BCUT2D eigenvalue weighted by molar-refractivity contribution is 9.10. The Morgan fingerprint density at radius 1 is 1.18 bits per heavy atom. The van der Waals surface area contributed by atoms with Crippen LogP contribution in [0.15, 0.2) is 51.9 Å². The zero-order chi connectivity index (χ0) is 20.4. The predicted octanol–water partition coefficient (Wildman–Crippen LogP) is 3.85. The van der Waals surface area contributed by atoms with Crippen LogP contribution in [0, 0.1) is 6.92 Å². The number of hydrogen-bond donors (Lipinski definition) is 3. The van der Waals surface area contributed by atoms with Crippen LogP contribution in [0.2, 0.25) is 0 Å². The second kappa shape index (κ2) is 11.3. The molecule has 3 N–H and O–H groups in total. The van der Waals surface area contributed by atoms with Crippen LogP contribution in [0.1, 0.15) is 24.5 Å². The monoisotopic (exact) mass is 446 g/mol. The largest absolute Gasteiger partial charge is 0.496 e. The highest BCUT2D eigenvalue weighted by Gasteiger charge is 2.06. The molecular weight excluding hydrogens is 420 g/mol. The third-order valence-corrected chi connectivity index (χ3v) is 4.54. The molecule has 2 rings (SSSR count). The lowest BCUT2D eigenvalue weighted by atomic mass is 10.2. The van der Waals surface area contributed by atoms with Crippen LogP contribution in [0.25, 0.3) is 0 Å². The van der Waals surface area contributed by atoms with E-state index in [-0.39, 0.29) is 5.91 Å². The lowest BCUT2D eigenvalue weighted by Gasteiger charge is -2.13. The number of aliphatic imine (C=N–C) groups is 1. The average Bonchev–Trinajstić information content (AvgIpc) is 2.68. The lowest BCUT2D eigenvalue weighted by Crippen LogP contribution is -2.38. The summed E-state index contributed by atoms with van der Waals surface area (Å²) in [5, 5.41) is 9.33. The number of para-hydroxylation sites is 1. The van der Waals surface area contributed by atoms with Gasteiger partial charge in [0.2, 0.25) is 5.91 Å². The maximum Gasteiger partial charge on any atom is 0.226 e. The van der Waals surface area contributed by atoms with E-state index in [1.165, 1.54) is 0 Å². The summed E-state index contributed by atoms with van der Waals surface area (Å²) < 4.78 is 6.35. The summed E-state index contributed by atoms with van der Waals surface area (Å²) in [6, 6.07) is 13.6. The van der Waals surface area contributed by atoms with Gasteiger partial charge in [0.15, 0.2) is 5.96 Å². The minimum Gasteiger partial charge on any atom is -0.496 e. The number of carbonyl (C=O) groups excluding carboxylic acids is 1. The zero-order valence-corrected chi connectivity index (χ0v) is 18.1. The molecule has 0 atom stereocenters. The van der Waals surface area contributed by atoms with Gasteiger partial charge in [-0.05, 0) is 43.7 Å². The minimum atomic E-state index is -0.0431. The SMILES string of the molecule is CCNC(=NCc1ccccc1OC)NCCC(=O)Nc1ccc(Br)cc1C. The summed E-state index contributed by atoms with van der Waals surface area (Å²) in [6.07, 6.45) is 0.342. The molecule has 0 aliphatic carbocycles. The van der Waals surface area contributed by atoms with E-state index in [0.717, 1.165) is 33.6 Å². The van der Waals surface area contributed by atoms with E-state index >= 15 is 0 Å². The van der Waals surface area contributed by atoms with Gasteiger partial charge in [-0.15, -0.1) is 0 Å². The summed E-state index contributed by atoms with van der Waals surface area (Å²) in [5.41, 5.74) is 2.85. The van der Waals surface area contributed by atoms with Gasteiger partial charge >= 0.3 is 0 Å². The smallest absolute Gasteiger partial charge is 0.226 e. The van der Waals surface area contributed by atoms with Crippen LogP contribution in [-0.4, -0.2) is 32.1 Å². The van der Waals surface area contributed by atoms with Gasteiger partial charge in [0.25, 0.3) is 0 Å². The van der Waals surface area contributed by atoms with Gasteiger partial charge in [-0.1, -0.05) is 34.1 Å². The topological polar surface area (TPSA) is 74.8 Å². The first-order valence-electron chi connectivity index (χ1n) is 9.23. The Morgan fingerprint density at radius 2 is 1.96 bits per heavy atom. The Balaban J connectivity index is 1.87. The van der Waals surface area contributed by atoms with Gasteiger partial charge in [0.05, 0.1) is 13.7 Å². The van der Waals surface area contributed by atoms with E-state index in [1.54, 1.807) is 7.11 Å².